The van der Waals surface area contributed by atoms with Gasteiger partial charge >= 0.3 is 12.4 Å². The molecule has 0 aliphatic heterocycles. The lowest BCUT2D eigenvalue weighted by Gasteiger charge is -2.48. The van der Waals surface area contributed by atoms with Crippen molar-refractivity contribution >= 4 is 0 Å². The minimum atomic E-state index is -4.89. The summed E-state index contributed by atoms with van der Waals surface area (Å²) in [4.78, 5) is 0. The first kappa shape index (κ1) is 22.6. The minimum Gasteiger partial charge on any atom is -0.373 e. The molecule has 2 N–H and O–H groups in total. The molecule has 1 atom stereocenters. The third-order valence-corrected chi connectivity index (χ3v) is 5.77. The van der Waals surface area contributed by atoms with Gasteiger partial charge in [-0.2, -0.15) is 26.3 Å². The fourth-order valence-electron chi connectivity index (χ4n) is 4.04. The second kappa shape index (κ2) is 8.23. The highest BCUT2D eigenvalue weighted by Crippen LogP contribution is 2.48. The van der Waals surface area contributed by atoms with Crippen LogP contribution in [-0.2, 0) is 22.5 Å². The third-order valence-electron chi connectivity index (χ3n) is 5.77. The molecule has 0 bridgehead atoms. The number of ether oxygens (including phenoxy) is 1. The van der Waals surface area contributed by atoms with Crippen molar-refractivity contribution in [3.63, 3.8) is 0 Å². The Kier molecular flexibility index (Phi) is 6.20. The zero-order valence-corrected chi connectivity index (χ0v) is 16.4. The lowest BCUT2D eigenvalue weighted by molar-refractivity contribution is -0.143. The highest BCUT2D eigenvalue weighted by Gasteiger charge is 2.45. The van der Waals surface area contributed by atoms with E-state index >= 15 is 0 Å². The van der Waals surface area contributed by atoms with Gasteiger partial charge in [0, 0.05) is 5.41 Å². The predicted molar refractivity (Wildman–Crippen MR) is 101 cm³/mol. The van der Waals surface area contributed by atoms with E-state index in [2.05, 4.69) is 0 Å². The molecule has 2 aromatic rings. The monoisotopic (exact) mass is 431 g/mol. The molecule has 1 fully saturated rings. The van der Waals surface area contributed by atoms with Crippen molar-refractivity contribution in [3.8, 4) is 0 Å². The molecule has 0 amide bonds. The van der Waals surface area contributed by atoms with Crippen LogP contribution in [0.15, 0.2) is 48.5 Å². The highest BCUT2D eigenvalue weighted by molar-refractivity contribution is 5.35. The third kappa shape index (κ3) is 4.81. The lowest BCUT2D eigenvalue weighted by atomic mass is 9.59. The molecule has 3 rings (SSSR count). The van der Waals surface area contributed by atoms with Gasteiger partial charge in [-0.1, -0.05) is 30.3 Å². The van der Waals surface area contributed by atoms with Crippen LogP contribution in [0.4, 0.5) is 26.3 Å². The second-order valence-corrected chi connectivity index (χ2v) is 7.95. The first-order valence-electron chi connectivity index (χ1n) is 9.61. The van der Waals surface area contributed by atoms with Crippen molar-refractivity contribution in [2.24, 2.45) is 11.7 Å². The number of alkyl halides is 6. The van der Waals surface area contributed by atoms with E-state index in [9.17, 15) is 26.3 Å². The van der Waals surface area contributed by atoms with Crippen LogP contribution in [0, 0.1) is 5.92 Å². The van der Waals surface area contributed by atoms with E-state index in [0.29, 0.717) is 12.5 Å². The zero-order valence-electron chi connectivity index (χ0n) is 16.4. The second-order valence-electron chi connectivity index (χ2n) is 7.95. The number of hydrogen-bond acceptors (Lipinski definition) is 2. The van der Waals surface area contributed by atoms with Crippen LogP contribution in [0.1, 0.15) is 48.1 Å². The average molecular weight is 431 g/mol. The maximum atomic E-state index is 13.1. The molecular formula is C22H23F6NO. The van der Waals surface area contributed by atoms with Gasteiger partial charge in [0.1, 0.15) is 0 Å². The fraction of sp³-hybridized carbons (Fsp3) is 0.455. The summed E-state index contributed by atoms with van der Waals surface area (Å²) in [7, 11) is 0. The molecule has 8 heteroatoms. The standard InChI is InChI=1S/C22H23F6NO/c1-14(16-7-18(21(23,24)25)9-19(8-16)22(26,27)28)30-13-20(10-15(11-20)12-29)17-5-3-2-4-6-17/h2-9,14-15H,10-13,29H2,1H3/t14-,15?,20?/m1/s1. The quantitative estimate of drug-likeness (QED) is 0.561. The maximum Gasteiger partial charge on any atom is 0.416 e. The average Bonchev–Trinajstić information content (AvgIpc) is 2.66. The van der Waals surface area contributed by atoms with Crippen LogP contribution in [0.3, 0.4) is 0 Å². The Hall–Kier alpha value is -2.06. The van der Waals surface area contributed by atoms with E-state index in [0.717, 1.165) is 30.5 Å². The normalized spacial score (nSPS) is 23.1. The summed E-state index contributed by atoms with van der Waals surface area (Å²) in [5, 5.41) is 0. The largest absolute Gasteiger partial charge is 0.416 e. The van der Waals surface area contributed by atoms with Crippen molar-refractivity contribution in [1.82, 2.24) is 0 Å². The van der Waals surface area contributed by atoms with Gasteiger partial charge in [0.15, 0.2) is 0 Å². The molecule has 2 aromatic carbocycles. The Balaban J connectivity index is 1.84. The summed E-state index contributed by atoms with van der Waals surface area (Å²) >= 11 is 0. The first-order chi connectivity index (χ1) is 13.9. The molecule has 2 nitrogen and oxygen atoms in total. The van der Waals surface area contributed by atoms with Gasteiger partial charge in [0.25, 0.3) is 0 Å². The van der Waals surface area contributed by atoms with Crippen molar-refractivity contribution in [3.05, 3.63) is 70.8 Å². The van der Waals surface area contributed by atoms with Crippen LogP contribution in [0.25, 0.3) is 0 Å². The van der Waals surface area contributed by atoms with E-state index in [1.54, 1.807) is 0 Å². The zero-order chi connectivity index (χ0) is 22.2. The molecule has 0 heterocycles. The number of halogens is 6. The minimum absolute atomic E-state index is 0.124. The van der Waals surface area contributed by atoms with Crippen molar-refractivity contribution in [1.29, 1.82) is 0 Å². The Morgan fingerprint density at radius 3 is 1.97 bits per heavy atom. The molecule has 30 heavy (non-hydrogen) atoms. The van der Waals surface area contributed by atoms with Crippen LogP contribution in [0.5, 0.6) is 0 Å². The van der Waals surface area contributed by atoms with Crippen LogP contribution in [0.2, 0.25) is 0 Å². The molecule has 0 radical (unpaired) electrons. The van der Waals surface area contributed by atoms with Crippen LogP contribution < -0.4 is 5.73 Å². The van der Waals surface area contributed by atoms with E-state index in [1.165, 1.54) is 6.92 Å². The van der Waals surface area contributed by atoms with Crippen molar-refractivity contribution < 1.29 is 31.1 Å². The summed E-state index contributed by atoms with van der Waals surface area (Å²) in [5.41, 5.74) is 3.59. The van der Waals surface area contributed by atoms with Gasteiger partial charge in [-0.15, -0.1) is 0 Å². The SMILES string of the molecule is C[C@@H](OCC1(c2ccccc2)CC(CN)C1)c1cc(C(F)(F)F)cc(C(F)(F)F)c1. The number of benzene rings is 2. The van der Waals surface area contributed by atoms with Gasteiger partial charge in [-0.05, 0) is 61.6 Å². The summed E-state index contributed by atoms with van der Waals surface area (Å²) in [6.07, 6.45) is -9.19. The molecule has 0 saturated heterocycles. The van der Waals surface area contributed by atoms with Gasteiger partial charge in [0.05, 0.1) is 23.8 Å². The highest BCUT2D eigenvalue weighted by atomic mass is 19.4. The lowest BCUT2D eigenvalue weighted by Crippen LogP contribution is -2.47. The van der Waals surface area contributed by atoms with Crippen molar-refractivity contribution in [2.45, 2.75) is 43.6 Å². The summed E-state index contributed by atoms with van der Waals surface area (Å²) in [6.45, 7) is 2.17. The molecule has 164 valence electrons. The molecule has 1 aliphatic carbocycles. The predicted octanol–water partition coefficient (Wildman–Crippen LogP) is 6.11. The Morgan fingerprint density at radius 2 is 1.50 bits per heavy atom. The van der Waals surface area contributed by atoms with Crippen LogP contribution in [-0.4, -0.2) is 13.2 Å². The van der Waals surface area contributed by atoms with E-state index < -0.39 is 29.6 Å². The summed E-state index contributed by atoms with van der Waals surface area (Å²) in [5.74, 6) is 0.314. The molecule has 0 aromatic heterocycles. The summed E-state index contributed by atoms with van der Waals surface area (Å²) < 4.78 is 84.6. The topological polar surface area (TPSA) is 35.2 Å². The fourth-order valence-corrected chi connectivity index (χ4v) is 4.04. The Bertz CT molecular complexity index is 824. The molecular weight excluding hydrogens is 408 g/mol. The Morgan fingerprint density at radius 1 is 0.967 bits per heavy atom. The number of hydrogen-bond donors (Lipinski definition) is 1. The van der Waals surface area contributed by atoms with Gasteiger partial charge in [-0.3, -0.25) is 0 Å². The Labute approximate surface area is 171 Å². The number of nitrogens with two attached hydrogens (primary N) is 1. The molecule has 1 saturated carbocycles. The number of rotatable bonds is 6. The molecule has 1 aliphatic rings. The van der Waals surface area contributed by atoms with Gasteiger partial charge < -0.3 is 10.5 Å². The molecule has 0 spiro atoms. The van der Waals surface area contributed by atoms with E-state index in [4.69, 9.17) is 10.5 Å². The van der Waals surface area contributed by atoms with Crippen LogP contribution >= 0.6 is 0 Å². The van der Waals surface area contributed by atoms with E-state index in [-0.39, 0.29) is 23.7 Å². The smallest absolute Gasteiger partial charge is 0.373 e. The summed E-state index contributed by atoms with van der Waals surface area (Å²) in [6, 6.07) is 11.1. The molecule has 0 unspecified atom stereocenters. The maximum absolute atomic E-state index is 13.1. The van der Waals surface area contributed by atoms with Gasteiger partial charge in [-0.25, -0.2) is 0 Å². The van der Waals surface area contributed by atoms with Crippen molar-refractivity contribution in [2.75, 3.05) is 13.2 Å². The van der Waals surface area contributed by atoms with E-state index in [1.807, 2.05) is 30.3 Å². The van der Waals surface area contributed by atoms with Gasteiger partial charge in [0.2, 0.25) is 0 Å². The first-order valence-corrected chi connectivity index (χ1v) is 9.61.